The number of anilines is 1. The number of benzene rings is 2. The van der Waals surface area contributed by atoms with Crippen LogP contribution in [0.5, 0.6) is 0 Å². The number of amides is 3. The van der Waals surface area contributed by atoms with Crippen LogP contribution < -0.4 is 10.6 Å². The van der Waals surface area contributed by atoms with Crippen molar-refractivity contribution in [1.29, 1.82) is 0 Å². The Hall–Kier alpha value is -2.82. The first-order valence-electron chi connectivity index (χ1n) is 9.00. The summed E-state index contributed by atoms with van der Waals surface area (Å²) in [4.78, 5) is 26.2. The SMILES string of the molecule is CC(C)c1ccc(NC(=O)NC2CC(=O)N(Cc3ccccc3)C2)cc1. The van der Waals surface area contributed by atoms with Crippen LogP contribution in [0.4, 0.5) is 10.5 Å². The molecule has 0 saturated carbocycles. The first-order chi connectivity index (χ1) is 12.5. The number of hydrogen-bond donors (Lipinski definition) is 2. The normalized spacial score (nSPS) is 16.8. The summed E-state index contributed by atoms with van der Waals surface area (Å²) in [7, 11) is 0. The summed E-state index contributed by atoms with van der Waals surface area (Å²) in [6, 6.07) is 17.3. The molecule has 3 amide bonds. The maximum Gasteiger partial charge on any atom is 0.319 e. The van der Waals surface area contributed by atoms with Gasteiger partial charge < -0.3 is 15.5 Å². The standard InChI is InChI=1S/C21H25N3O2/c1-15(2)17-8-10-18(11-9-17)22-21(26)23-19-12-20(25)24(14-19)13-16-6-4-3-5-7-16/h3-11,15,19H,12-14H2,1-2H3,(H2,22,23,26). The predicted molar refractivity (Wildman–Crippen MR) is 103 cm³/mol. The third kappa shape index (κ3) is 4.63. The molecule has 1 fully saturated rings. The van der Waals surface area contributed by atoms with Gasteiger partial charge >= 0.3 is 6.03 Å². The van der Waals surface area contributed by atoms with E-state index in [9.17, 15) is 9.59 Å². The van der Waals surface area contributed by atoms with Gasteiger partial charge in [0.25, 0.3) is 0 Å². The first kappa shape index (κ1) is 18.0. The minimum Gasteiger partial charge on any atom is -0.336 e. The smallest absolute Gasteiger partial charge is 0.319 e. The molecular weight excluding hydrogens is 326 g/mol. The van der Waals surface area contributed by atoms with Gasteiger partial charge in [0.05, 0.1) is 6.04 Å². The highest BCUT2D eigenvalue weighted by atomic mass is 16.2. The molecule has 1 aliphatic heterocycles. The fourth-order valence-corrected chi connectivity index (χ4v) is 3.13. The van der Waals surface area contributed by atoms with Gasteiger partial charge in [0.2, 0.25) is 5.91 Å². The van der Waals surface area contributed by atoms with Crippen LogP contribution in [0.15, 0.2) is 54.6 Å². The van der Waals surface area contributed by atoms with Crippen LogP contribution in [-0.4, -0.2) is 29.4 Å². The molecule has 2 aromatic carbocycles. The zero-order chi connectivity index (χ0) is 18.5. The third-order valence-electron chi connectivity index (χ3n) is 4.60. The molecule has 26 heavy (non-hydrogen) atoms. The van der Waals surface area contributed by atoms with E-state index in [1.165, 1.54) is 5.56 Å². The number of carbonyl (C=O) groups is 2. The summed E-state index contributed by atoms with van der Waals surface area (Å²) >= 11 is 0. The summed E-state index contributed by atoms with van der Waals surface area (Å²) in [5.74, 6) is 0.526. The van der Waals surface area contributed by atoms with Gasteiger partial charge in [-0.25, -0.2) is 4.79 Å². The number of hydrogen-bond acceptors (Lipinski definition) is 2. The van der Waals surface area contributed by atoms with Gasteiger partial charge in [0.1, 0.15) is 0 Å². The Morgan fingerprint density at radius 2 is 1.81 bits per heavy atom. The molecule has 1 aliphatic rings. The van der Waals surface area contributed by atoms with Crippen molar-refractivity contribution in [2.45, 2.75) is 38.8 Å². The Morgan fingerprint density at radius 1 is 1.12 bits per heavy atom. The molecule has 0 spiro atoms. The molecule has 1 saturated heterocycles. The molecule has 0 radical (unpaired) electrons. The van der Waals surface area contributed by atoms with Crippen LogP contribution >= 0.6 is 0 Å². The highest BCUT2D eigenvalue weighted by Gasteiger charge is 2.30. The number of nitrogens with one attached hydrogen (secondary N) is 2. The van der Waals surface area contributed by atoms with Gasteiger partial charge in [0.15, 0.2) is 0 Å². The second-order valence-corrected chi connectivity index (χ2v) is 7.04. The van der Waals surface area contributed by atoms with Crippen LogP contribution in [0.25, 0.3) is 0 Å². The summed E-state index contributed by atoms with van der Waals surface area (Å²) < 4.78 is 0. The topological polar surface area (TPSA) is 61.4 Å². The molecule has 5 nitrogen and oxygen atoms in total. The fraction of sp³-hybridized carbons (Fsp3) is 0.333. The fourth-order valence-electron chi connectivity index (χ4n) is 3.13. The van der Waals surface area contributed by atoms with E-state index in [1.807, 2.05) is 54.6 Å². The summed E-state index contributed by atoms with van der Waals surface area (Å²) in [6.07, 6.45) is 0.340. The van der Waals surface area contributed by atoms with E-state index in [4.69, 9.17) is 0 Å². The average Bonchev–Trinajstić information content (AvgIpc) is 2.95. The number of carbonyl (C=O) groups excluding carboxylic acids is 2. The number of urea groups is 1. The van der Waals surface area contributed by atoms with Crippen LogP contribution in [0.2, 0.25) is 0 Å². The van der Waals surface area contributed by atoms with Crippen LogP contribution in [0, 0.1) is 0 Å². The molecule has 2 N–H and O–H groups in total. The molecule has 0 bridgehead atoms. The molecule has 1 atom stereocenters. The first-order valence-corrected chi connectivity index (χ1v) is 9.00. The van der Waals surface area contributed by atoms with Crippen molar-refractivity contribution in [3.8, 4) is 0 Å². The molecule has 136 valence electrons. The summed E-state index contributed by atoms with van der Waals surface area (Å²) in [5, 5.41) is 5.73. The molecule has 5 heteroatoms. The van der Waals surface area contributed by atoms with Crippen molar-refractivity contribution in [2.24, 2.45) is 0 Å². The lowest BCUT2D eigenvalue weighted by Gasteiger charge is -2.17. The van der Waals surface area contributed by atoms with Crippen LogP contribution in [0.3, 0.4) is 0 Å². The van der Waals surface area contributed by atoms with Gasteiger partial charge in [0, 0.05) is 25.2 Å². The molecule has 2 aromatic rings. The molecule has 0 aliphatic carbocycles. The Morgan fingerprint density at radius 3 is 2.46 bits per heavy atom. The maximum atomic E-state index is 12.2. The number of nitrogens with zero attached hydrogens (tertiary/aromatic N) is 1. The van der Waals surface area contributed by atoms with E-state index >= 15 is 0 Å². The van der Waals surface area contributed by atoms with Crippen molar-refractivity contribution >= 4 is 17.6 Å². The van der Waals surface area contributed by atoms with Gasteiger partial charge in [-0.2, -0.15) is 0 Å². The van der Waals surface area contributed by atoms with Crippen LogP contribution in [-0.2, 0) is 11.3 Å². The van der Waals surface area contributed by atoms with Crippen molar-refractivity contribution in [3.63, 3.8) is 0 Å². The van der Waals surface area contributed by atoms with Gasteiger partial charge in [-0.15, -0.1) is 0 Å². The van der Waals surface area contributed by atoms with E-state index in [2.05, 4.69) is 24.5 Å². The Labute approximate surface area is 154 Å². The molecule has 1 heterocycles. The summed E-state index contributed by atoms with van der Waals surface area (Å²) in [5.41, 5.74) is 3.07. The summed E-state index contributed by atoms with van der Waals surface area (Å²) in [6.45, 7) is 5.38. The quantitative estimate of drug-likeness (QED) is 0.862. The Kier molecular flexibility index (Phi) is 5.56. The Balaban J connectivity index is 1.51. The zero-order valence-corrected chi connectivity index (χ0v) is 15.2. The lowest BCUT2D eigenvalue weighted by molar-refractivity contribution is -0.128. The lowest BCUT2D eigenvalue weighted by atomic mass is 10.0. The van der Waals surface area contributed by atoms with Crippen molar-refractivity contribution < 1.29 is 9.59 Å². The van der Waals surface area contributed by atoms with E-state index in [0.29, 0.717) is 25.4 Å². The average molecular weight is 351 g/mol. The van der Waals surface area contributed by atoms with Crippen molar-refractivity contribution in [1.82, 2.24) is 10.2 Å². The minimum atomic E-state index is -0.276. The number of rotatable bonds is 5. The predicted octanol–water partition coefficient (Wildman–Crippen LogP) is 3.73. The van der Waals surface area contributed by atoms with Crippen molar-refractivity contribution in [3.05, 3.63) is 65.7 Å². The largest absolute Gasteiger partial charge is 0.336 e. The maximum absolute atomic E-state index is 12.2. The van der Waals surface area contributed by atoms with E-state index in [1.54, 1.807) is 4.90 Å². The van der Waals surface area contributed by atoms with E-state index < -0.39 is 0 Å². The zero-order valence-electron chi connectivity index (χ0n) is 15.2. The van der Waals surface area contributed by atoms with Crippen LogP contribution in [0.1, 0.15) is 37.3 Å². The monoisotopic (exact) mass is 351 g/mol. The molecule has 3 rings (SSSR count). The van der Waals surface area contributed by atoms with E-state index in [-0.39, 0.29) is 18.0 Å². The van der Waals surface area contributed by atoms with E-state index in [0.717, 1.165) is 11.3 Å². The van der Waals surface area contributed by atoms with Gasteiger partial charge in [-0.1, -0.05) is 56.3 Å². The molecule has 1 unspecified atom stereocenters. The minimum absolute atomic E-state index is 0.0699. The highest BCUT2D eigenvalue weighted by Crippen LogP contribution is 2.18. The lowest BCUT2D eigenvalue weighted by Crippen LogP contribution is -2.39. The molecular formula is C21H25N3O2. The molecule has 0 aromatic heterocycles. The van der Waals surface area contributed by atoms with Gasteiger partial charge in [-0.05, 0) is 29.2 Å². The Bertz CT molecular complexity index is 757. The second kappa shape index (κ2) is 8.04. The second-order valence-electron chi connectivity index (χ2n) is 7.04. The van der Waals surface area contributed by atoms with Gasteiger partial charge in [-0.3, -0.25) is 4.79 Å². The highest BCUT2D eigenvalue weighted by molar-refractivity contribution is 5.90. The third-order valence-corrected chi connectivity index (χ3v) is 4.60. The number of likely N-dealkylation sites (tertiary alicyclic amines) is 1. The van der Waals surface area contributed by atoms with Crippen molar-refractivity contribution in [2.75, 3.05) is 11.9 Å².